The number of nitrogens with one attached hydrogen (secondary N) is 1. The molecule has 1 fully saturated rings. The molecule has 0 saturated heterocycles. The van der Waals surface area contributed by atoms with Gasteiger partial charge in [-0.15, -0.1) is 10.2 Å². The van der Waals surface area contributed by atoms with E-state index in [1.807, 2.05) is 30.3 Å². The number of amides is 1. The maximum Gasteiger partial charge on any atom is 0.230 e. The molecule has 0 spiro atoms. The number of hydrogen-bond donors (Lipinski definition) is 1. The van der Waals surface area contributed by atoms with Gasteiger partial charge in [0.05, 0.1) is 11.4 Å². The lowest BCUT2D eigenvalue weighted by Crippen LogP contribution is -2.33. The number of hydrogen-bond acceptors (Lipinski definition) is 4. The molecular formula is C18H21N3OS. The van der Waals surface area contributed by atoms with Crippen molar-refractivity contribution in [3.63, 3.8) is 0 Å². The standard InChI is InChI=1S/C18H21N3OS/c1-13-6-2-5-9-15(13)16-10-11-18(21-20-16)23-12-17(22)19-14-7-3-4-8-14/h2,5-6,9-11,14H,3-4,7-8,12H2,1H3,(H,19,22). The number of aromatic nitrogens is 2. The fourth-order valence-electron chi connectivity index (χ4n) is 2.88. The van der Waals surface area contributed by atoms with Gasteiger partial charge in [-0.25, -0.2) is 0 Å². The van der Waals surface area contributed by atoms with E-state index in [1.165, 1.54) is 30.2 Å². The number of benzene rings is 1. The van der Waals surface area contributed by atoms with Crippen LogP contribution in [0.2, 0.25) is 0 Å². The van der Waals surface area contributed by atoms with Crippen molar-refractivity contribution in [3.8, 4) is 11.3 Å². The fraction of sp³-hybridized carbons (Fsp3) is 0.389. The maximum absolute atomic E-state index is 11.9. The summed E-state index contributed by atoms with van der Waals surface area (Å²) < 4.78 is 0. The molecule has 1 aromatic carbocycles. The van der Waals surface area contributed by atoms with E-state index >= 15 is 0 Å². The first-order valence-electron chi connectivity index (χ1n) is 8.04. The number of aryl methyl sites for hydroxylation is 1. The lowest BCUT2D eigenvalue weighted by atomic mass is 10.1. The molecule has 1 saturated carbocycles. The molecule has 1 aliphatic carbocycles. The second-order valence-corrected chi connectivity index (χ2v) is 6.90. The molecule has 3 rings (SSSR count). The van der Waals surface area contributed by atoms with Crippen LogP contribution in [0.15, 0.2) is 41.4 Å². The summed E-state index contributed by atoms with van der Waals surface area (Å²) in [6, 6.07) is 12.4. The van der Waals surface area contributed by atoms with Gasteiger partial charge in [-0.2, -0.15) is 0 Å². The van der Waals surface area contributed by atoms with Gasteiger partial charge in [0.2, 0.25) is 5.91 Å². The van der Waals surface area contributed by atoms with Gasteiger partial charge in [-0.3, -0.25) is 4.79 Å². The first-order valence-corrected chi connectivity index (χ1v) is 9.03. The van der Waals surface area contributed by atoms with Gasteiger partial charge in [0, 0.05) is 11.6 Å². The molecule has 1 heterocycles. The summed E-state index contributed by atoms with van der Waals surface area (Å²) in [7, 11) is 0. The van der Waals surface area contributed by atoms with Crippen molar-refractivity contribution in [3.05, 3.63) is 42.0 Å². The number of rotatable bonds is 5. The second kappa shape index (κ2) is 7.59. The highest BCUT2D eigenvalue weighted by Crippen LogP contribution is 2.23. The zero-order valence-electron chi connectivity index (χ0n) is 13.3. The molecule has 120 valence electrons. The van der Waals surface area contributed by atoms with Gasteiger partial charge in [0.25, 0.3) is 0 Å². The monoisotopic (exact) mass is 327 g/mol. The van der Waals surface area contributed by atoms with Crippen LogP contribution in [0.3, 0.4) is 0 Å². The third-order valence-corrected chi connectivity index (χ3v) is 5.05. The van der Waals surface area contributed by atoms with Gasteiger partial charge in [0.15, 0.2) is 0 Å². The Bertz CT molecular complexity index is 666. The Balaban J connectivity index is 1.55. The Hall–Kier alpha value is -1.88. The molecule has 1 N–H and O–H groups in total. The predicted octanol–water partition coefficient (Wildman–Crippen LogP) is 3.60. The van der Waals surface area contributed by atoms with Crippen LogP contribution in [0.1, 0.15) is 31.2 Å². The highest BCUT2D eigenvalue weighted by atomic mass is 32.2. The minimum Gasteiger partial charge on any atom is -0.353 e. The van der Waals surface area contributed by atoms with Crippen molar-refractivity contribution in [2.24, 2.45) is 0 Å². The zero-order valence-corrected chi connectivity index (χ0v) is 14.1. The fourth-order valence-corrected chi connectivity index (χ4v) is 3.51. The summed E-state index contributed by atoms with van der Waals surface area (Å²) in [5.41, 5.74) is 3.14. The van der Waals surface area contributed by atoms with Crippen LogP contribution in [-0.2, 0) is 4.79 Å². The van der Waals surface area contributed by atoms with Crippen LogP contribution in [0.4, 0.5) is 0 Å². The average molecular weight is 327 g/mol. The number of thioether (sulfide) groups is 1. The van der Waals surface area contributed by atoms with Crippen LogP contribution in [0, 0.1) is 6.92 Å². The highest BCUT2D eigenvalue weighted by Gasteiger charge is 2.17. The summed E-state index contributed by atoms with van der Waals surface area (Å²) in [6.07, 6.45) is 4.68. The Morgan fingerprint density at radius 1 is 1.17 bits per heavy atom. The van der Waals surface area contributed by atoms with Crippen LogP contribution in [0.25, 0.3) is 11.3 Å². The summed E-state index contributed by atoms with van der Waals surface area (Å²) in [6.45, 7) is 2.06. The van der Waals surface area contributed by atoms with E-state index in [-0.39, 0.29) is 5.91 Å². The van der Waals surface area contributed by atoms with Crippen molar-refractivity contribution >= 4 is 17.7 Å². The van der Waals surface area contributed by atoms with Gasteiger partial charge in [-0.1, -0.05) is 48.9 Å². The van der Waals surface area contributed by atoms with E-state index in [0.29, 0.717) is 11.8 Å². The van der Waals surface area contributed by atoms with E-state index in [9.17, 15) is 4.79 Å². The Kier molecular flexibility index (Phi) is 5.28. The molecule has 2 aromatic rings. The Labute approximate surface area is 141 Å². The molecule has 0 aliphatic heterocycles. The minimum atomic E-state index is 0.0895. The summed E-state index contributed by atoms with van der Waals surface area (Å²) >= 11 is 1.43. The van der Waals surface area contributed by atoms with Crippen molar-refractivity contribution in [2.45, 2.75) is 43.7 Å². The largest absolute Gasteiger partial charge is 0.353 e. The van der Waals surface area contributed by atoms with E-state index < -0.39 is 0 Å². The average Bonchev–Trinajstić information content (AvgIpc) is 3.07. The predicted molar refractivity (Wildman–Crippen MR) is 93.3 cm³/mol. The van der Waals surface area contributed by atoms with E-state index in [2.05, 4.69) is 28.5 Å². The van der Waals surface area contributed by atoms with Crippen molar-refractivity contribution < 1.29 is 4.79 Å². The molecule has 0 atom stereocenters. The Morgan fingerprint density at radius 2 is 1.96 bits per heavy atom. The van der Waals surface area contributed by atoms with Gasteiger partial charge < -0.3 is 5.32 Å². The highest BCUT2D eigenvalue weighted by molar-refractivity contribution is 7.99. The first-order chi connectivity index (χ1) is 11.2. The molecule has 23 heavy (non-hydrogen) atoms. The lowest BCUT2D eigenvalue weighted by Gasteiger charge is -2.11. The normalized spacial score (nSPS) is 14.8. The molecule has 0 unspecified atom stereocenters. The van der Waals surface area contributed by atoms with Crippen LogP contribution in [0.5, 0.6) is 0 Å². The summed E-state index contributed by atoms with van der Waals surface area (Å²) in [5.74, 6) is 0.487. The topological polar surface area (TPSA) is 54.9 Å². The molecule has 1 amide bonds. The van der Waals surface area contributed by atoms with Crippen molar-refractivity contribution in [1.29, 1.82) is 0 Å². The summed E-state index contributed by atoms with van der Waals surface area (Å²) in [5, 5.41) is 12.4. The quantitative estimate of drug-likeness (QED) is 0.853. The van der Waals surface area contributed by atoms with Crippen LogP contribution < -0.4 is 5.32 Å². The zero-order chi connectivity index (χ0) is 16.1. The first kappa shape index (κ1) is 16.0. The van der Waals surface area contributed by atoms with E-state index in [0.717, 1.165) is 29.1 Å². The molecule has 5 heteroatoms. The third-order valence-electron chi connectivity index (χ3n) is 4.13. The van der Waals surface area contributed by atoms with Gasteiger partial charge >= 0.3 is 0 Å². The lowest BCUT2D eigenvalue weighted by molar-refractivity contribution is -0.119. The molecule has 4 nitrogen and oxygen atoms in total. The minimum absolute atomic E-state index is 0.0895. The van der Waals surface area contributed by atoms with Gasteiger partial charge in [0.1, 0.15) is 5.03 Å². The van der Waals surface area contributed by atoms with Gasteiger partial charge in [-0.05, 0) is 37.5 Å². The van der Waals surface area contributed by atoms with Crippen molar-refractivity contribution in [1.82, 2.24) is 15.5 Å². The molecular weight excluding hydrogens is 306 g/mol. The maximum atomic E-state index is 11.9. The van der Waals surface area contributed by atoms with E-state index in [1.54, 1.807) is 0 Å². The molecule has 0 bridgehead atoms. The molecule has 1 aliphatic rings. The van der Waals surface area contributed by atoms with Crippen LogP contribution >= 0.6 is 11.8 Å². The van der Waals surface area contributed by atoms with Crippen LogP contribution in [-0.4, -0.2) is 27.9 Å². The van der Waals surface area contributed by atoms with Crippen molar-refractivity contribution in [2.75, 3.05) is 5.75 Å². The SMILES string of the molecule is Cc1ccccc1-c1ccc(SCC(=O)NC2CCCC2)nn1. The number of carbonyl (C=O) groups excluding carboxylic acids is 1. The summed E-state index contributed by atoms with van der Waals surface area (Å²) in [4.78, 5) is 11.9. The number of carbonyl (C=O) groups is 1. The molecule has 1 aromatic heterocycles. The third kappa shape index (κ3) is 4.32. The smallest absolute Gasteiger partial charge is 0.230 e. The second-order valence-electron chi connectivity index (χ2n) is 5.91. The molecule has 0 radical (unpaired) electrons. The van der Waals surface area contributed by atoms with E-state index in [4.69, 9.17) is 0 Å². The number of nitrogens with zero attached hydrogens (tertiary/aromatic N) is 2. The Morgan fingerprint density at radius 3 is 2.65 bits per heavy atom.